The quantitative estimate of drug-likeness (QED) is 0.941. The van der Waals surface area contributed by atoms with E-state index >= 15 is 0 Å². The molecule has 4 heteroatoms. The predicted octanol–water partition coefficient (Wildman–Crippen LogP) is 2.92. The van der Waals surface area contributed by atoms with Gasteiger partial charge in [-0.15, -0.1) is 0 Å². The number of benzene rings is 1. The Kier molecular flexibility index (Phi) is 3.88. The summed E-state index contributed by atoms with van der Waals surface area (Å²) in [5.74, 6) is -0.241. The van der Waals surface area contributed by atoms with E-state index in [-0.39, 0.29) is 6.04 Å². The number of carboxylic acids is 1. The average molecular weight is 284 g/mol. The predicted molar refractivity (Wildman–Crippen MR) is 82.0 cm³/mol. The zero-order valence-electron chi connectivity index (χ0n) is 12.2. The first-order chi connectivity index (χ1) is 10.1. The molecule has 0 bridgehead atoms. The number of aliphatic carboxylic acids is 1. The van der Waals surface area contributed by atoms with Crippen molar-refractivity contribution in [2.24, 2.45) is 5.92 Å². The van der Waals surface area contributed by atoms with Crippen molar-refractivity contribution < 1.29 is 9.90 Å². The lowest BCUT2D eigenvalue weighted by Crippen LogP contribution is -2.46. The van der Waals surface area contributed by atoms with Crippen LogP contribution in [0.1, 0.15) is 25.5 Å². The minimum atomic E-state index is -0.720. The van der Waals surface area contributed by atoms with E-state index in [9.17, 15) is 9.90 Å². The zero-order chi connectivity index (χ0) is 14.8. The normalized spacial score (nSPS) is 23.3. The largest absolute Gasteiger partial charge is 0.480 e. The van der Waals surface area contributed by atoms with E-state index < -0.39 is 5.97 Å². The van der Waals surface area contributed by atoms with Gasteiger partial charge in [0.2, 0.25) is 0 Å². The standard InChI is InChI=1S/C17H20N2O2/c1-12-8-9-19(16(10-12)17(20)21)11-14-7-6-13-4-2-3-5-15(13)18-14/h2-7,12,16H,8-11H2,1H3,(H,20,21). The van der Waals surface area contributed by atoms with Gasteiger partial charge in [0, 0.05) is 11.9 Å². The molecule has 2 atom stereocenters. The fourth-order valence-corrected chi connectivity index (χ4v) is 3.04. The first-order valence-electron chi connectivity index (χ1n) is 7.45. The molecule has 110 valence electrons. The van der Waals surface area contributed by atoms with Crippen LogP contribution < -0.4 is 0 Å². The summed E-state index contributed by atoms with van der Waals surface area (Å²) in [5, 5.41) is 10.5. The molecule has 0 amide bonds. The van der Waals surface area contributed by atoms with Crippen LogP contribution >= 0.6 is 0 Å². The summed E-state index contributed by atoms with van der Waals surface area (Å²) in [6.45, 7) is 3.56. The number of para-hydroxylation sites is 1. The van der Waals surface area contributed by atoms with Crippen LogP contribution in [0.5, 0.6) is 0 Å². The molecular formula is C17H20N2O2. The van der Waals surface area contributed by atoms with Gasteiger partial charge in [-0.25, -0.2) is 0 Å². The third-order valence-electron chi connectivity index (χ3n) is 4.28. The lowest BCUT2D eigenvalue weighted by Gasteiger charge is -2.35. The van der Waals surface area contributed by atoms with Crippen molar-refractivity contribution in [1.29, 1.82) is 0 Å². The van der Waals surface area contributed by atoms with Crippen LogP contribution in [0.25, 0.3) is 10.9 Å². The molecule has 2 aromatic rings. The van der Waals surface area contributed by atoms with Crippen LogP contribution in [0.15, 0.2) is 36.4 Å². The minimum Gasteiger partial charge on any atom is -0.480 e. The molecule has 1 aromatic heterocycles. The molecule has 1 aliphatic heterocycles. The van der Waals surface area contributed by atoms with Gasteiger partial charge in [-0.3, -0.25) is 14.7 Å². The van der Waals surface area contributed by atoms with Crippen LogP contribution in [0.4, 0.5) is 0 Å². The molecule has 0 spiro atoms. The van der Waals surface area contributed by atoms with E-state index in [0.717, 1.165) is 36.0 Å². The number of likely N-dealkylation sites (tertiary alicyclic amines) is 1. The van der Waals surface area contributed by atoms with Gasteiger partial charge in [-0.1, -0.05) is 31.2 Å². The molecule has 2 heterocycles. The molecule has 21 heavy (non-hydrogen) atoms. The van der Waals surface area contributed by atoms with Crippen molar-refractivity contribution in [1.82, 2.24) is 9.88 Å². The Labute approximate surface area is 124 Å². The van der Waals surface area contributed by atoms with Crippen molar-refractivity contribution in [2.75, 3.05) is 6.54 Å². The summed E-state index contributed by atoms with van der Waals surface area (Å²) in [4.78, 5) is 18.1. The first-order valence-corrected chi connectivity index (χ1v) is 7.45. The summed E-state index contributed by atoms with van der Waals surface area (Å²) in [7, 11) is 0. The number of fused-ring (bicyclic) bond motifs is 1. The second kappa shape index (κ2) is 5.82. The lowest BCUT2D eigenvalue weighted by molar-refractivity contribution is -0.145. The maximum atomic E-state index is 11.5. The molecule has 1 aliphatic rings. The Morgan fingerprint density at radius 1 is 1.33 bits per heavy atom. The smallest absolute Gasteiger partial charge is 0.320 e. The van der Waals surface area contributed by atoms with Crippen molar-refractivity contribution in [3.63, 3.8) is 0 Å². The Balaban J connectivity index is 1.81. The number of piperidine rings is 1. The van der Waals surface area contributed by atoms with Crippen molar-refractivity contribution >= 4 is 16.9 Å². The van der Waals surface area contributed by atoms with Crippen LogP contribution in [0.3, 0.4) is 0 Å². The summed E-state index contributed by atoms with van der Waals surface area (Å²) in [6, 6.07) is 11.7. The second-order valence-electron chi connectivity index (χ2n) is 5.95. The molecule has 1 fully saturated rings. The monoisotopic (exact) mass is 284 g/mol. The lowest BCUT2D eigenvalue weighted by atomic mass is 9.92. The Morgan fingerprint density at radius 2 is 2.14 bits per heavy atom. The molecule has 1 aromatic carbocycles. The first kappa shape index (κ1) is 14.0. The summed E-state index contributed by atoms with van der Waals surface area (Å²) < 4.78 is 0. The number of pyridine rings is 1. The summed E-state index contributed by atoms with van der Waals surface area (Å²) in [5.41, 5.74) is 1.90. The Morgan fingerprint density at radius 3 is 2.95 bits per heavy atom. The van der Waals surface area contributed by atoms with Gasteiger partial charge in [-0.2, -0.15) is 0 Å². The van der Waals surface area contributed by atoms with Gasteiger partial charge >= 0.3 is 5.97 Å². The Bertz CT molecular complexity index is 656. The van der Waals surface area contributed by atoms with Crippen LogP contribution in [-0.4, -0.2) is 33.5 Å². The highest BCUT2D eigenvalue weighted by molar-refractivity contribution is 5.78. The topological polar surface area (TPSA) is 53.4 Å². The maximum absolute atomic E-state index is 11.5. The second-order valence-corrected chi connectivity index (χ2v) is 5.95. The van der Waals surface area contributed by atoms with E-state index in [1.165, 1.54) is 0 Å². The molecule has 1 saturated heterocycles. The van der Waals surface area contributed by atoms with E-state index in [0.29, 0.717) is 12.5 Å². The number of carbonyl (C=O) groups is 1. The number of hydrogen-bond acceptors (Lipinski definition) is 3. The number of rotatable bonds is 3. The zero-order valence-corrected chi connectivity index (χ0v) is 12.2. The molecule has 3 rings (SSSR count). The molecule has 0 radical (unpaired) electrons. The number of nitrogens with zero attached hydrogens (tertiary/aromatic N) is 2. The third kappa shape index (κ3) is 3.05. The number of carboxylic acid groups (broad SMARTS) is 1. The summed E-state index contributed by atoms with van der Waals surface area (Å²) >= 11 is 0. The maximum Gasteiger partial charge on any atom is 0.320 e. The minimum absolute atomic E-state index is 0.387. The van der Waals surface area contributed by atoms with Gasteiger partial charge in [0.05, 0.1) is 11.2 Å². The molecular weight excluding hydrogens is 264 g/mol. The molecule has 4 nitrogen and oxygen atoms in total. The number of aromatic nitrogens is 1. The van der Waals surface area contributed by atoms with Gasteiger partial charge in [-0.05, 0) is 37.4 Å². The van der Waals surface area contributed by atoms with Crippen molar-refractivity contribution in [3.05, 3.63) is 42.1 Å². The van der Waals surface area contributed by atoms with E-state index in [4.69, 9.17) is 0 Å². The van der Waals surface area contributed by atoms with Gasteiger partial charge in [0.1, 0.15) is 6.04 Å². The van der Waals surface area contributed by atoms with Crippen molar-refractivity contribution in [2.45, 2.75) is 32.4 Å². The van der Waals surface area contributed by atoms with E-state index in [1.54, 1.807) is 0 Å². The highest BCUT2D eigenvalue weighted by atomic mass is 16.4. The average Bonchev–Trinajstić information content (AvgIpc) is 2.49. The van der Waals surface area contributed by atoms with E-state index in [1.807, 2.05) is 35.2 Å². The Hall–Kier alpha value is -1.94. The highest BCUT2D eigenvalue weighted by Crippen LogP contribution is 2.24. The fraction of sp³-hybridized carbons (Fsp3) is 0.412. The molecule has 0 saturated carbocycles. The van der Waals surface area contributed by atoms with E-state index in [2.05, 4.69) is 18.0 Å². The highest BCUT2D eigenvalue weighted by Gasteiger charge is 2.31. The van der Waals surface area contributed by atoms with Gasteiger partial charge in [0.25, 0.3) is 0 Å². The van der Waals surface area contributed by atoms with Crippen LogP contribution in [-0.2, 0) is 11.3 Å². The van der Waals surface area contributed by atoms with Crippen LogP contribution in [0, 0.1) is 5.92 Å². The SMILES string of the molecule is CC1CCN(Cc2ccc3ccccc3n2)C(C(=O)O)C1. The molecule has 2 unspecified atom stereocenters. The summed E-state index contributed by atoms with van der Waals surface area (Å²) in [6.07, 6.45) is 1.78. The van der Waals surface area contributed by atoms with Crippen molar-refractivity contribution in [3.8, 4) is 0 Å². The molecule has 1 N–H and O–H groups in total. The van der Waals surface area contributed by atoms with Gasteiger partial charge < -0.3 is 5.11 Å². The van der Waals surface area contributed by atoms with Crippen LogP contribution in [0.2, 0.25) is 0 Å². The number of hydrogen-bond donors (Lipinski definition) is 1. The van der Waals surface area contributed by atoms with Gasteiger partial charge in [0.15, 0.2) is 0 Å². The molecule has 0 aliphatic carbocycles. The fourth-order valence-electron chi connectivity index (χ4n) is 3.04. The third-order valence-corrected chi connectivity index (χ3v) is 4.28.